The van der Waals surface area contributed by atoms with E-state index in [0.29, 0.717) is 23.1 Å². The second-order valence-corrected chi connectivity index (χ2v) is 5.44. The van der Waals surface area contributed by atoms with Crippen LogP contribution in [0.25, 0.3) is 10.9 Å². The first-order chi connectivity index (χ1) is 11.1. The second-order valence-electron chi connectivity index (χ2n) is 5.44. The van der Waals surface area contributed by atoms with Crippen LogP contribution in [0.5, 0.6) is 0 Å². The van der Waals surface area contributed by atoms with Crippen LogP contribution >= 0.6 is 0 Å². The third-order valence-corrected chi connectivity index (χ3v) is 3.59. The van der Waals surface area contributed by atoms with Crippen LogP contribution in [-0.4, -0.2) is 15.9 Å². The van der Waals surface area contributed by atoms with Gasteiger partial charge in [-0.1, -0.05) is 29.8 Å². The minimum absolute atomic E-state index is 0.107. The molecule has 0 spiro atoms. The number of nitrogens with zero attached hydrogens (tertiary/aromatic N) is 1. The van der Waals surface area contributed by atoms with Crippen molar-refractivity contribution < 1.29 is 4.79 Å². The highest BCUT2D eigenvalue weighted by molar-refractivity contribution is 5.90. The van der Waals surface area contributed by atoms with Crippen molar-refractivity contribution in [3.8, 4) is 0 Å². The molecule has 0 unspecified atom stereocenters. The van der Waals surface area contributed by atoms with E-state index in [1.165, 1.54) is 0 Å². The summed E-state index contributed by atoms with van der Waals surface area (Å²) in [6, 6.07) is 14.8. The molecule has 0 radical (unpaired) electrons. The number of fused-ring (bicyclic) bond motifs is 1. The van der Waals surface area contributed by atoms with Crippen molar-refractivity contribution in [3.63, 3.8) is 0 Å². The van der Waals surface area contributed by atoms with Gasteiger partial charge in [0.15, 0.2) is 0 Å². The summed E-state index contributed by atoms with van der Waals surface area (Å²) >= 11 is 0. The standard InChI is InChI=1S/C18H17N3O2/c1-12-6-8-13(9-7-12)19-17(22)11-10-16-20-15-5-3-2-4-14(15)18(23)21-16/h2-9H,10-11H2,1H3,(H,19,22)(H,20,21,23). The fourth-order valence-corrected chi connectivity index (χ4v) is 2.35. The smallest absolute Gasteiger partial charge is 0.258 e. The van der Waals surface area contributed by atoms with Crippen LogP contribution in [0.3, 0.4) is 0 Å². The van der Waals surface area contributed by atoms with E-state index in [4.69, 9.17) is 0 Å². The van der Waals surface area contributed by atoms with Gasteiger partial charge in [-0.15, -0.1) is 0 Å². The fraction of sp³-hybridized carbons (Fsp3) is 0.167. The molecule has 1 amide bonds. The first kappa shape index (κ1) is 15.0. The minimum Gasteiger partial charge on any atom is -0.326 e. The molecule has 1 heterocycles. The number of amides is 1. The molecular formula is C18H17N3O2. The van der Waals surface area contributed by atoms with Crippen LogP contribution in [0, 0.1) is 6.92 Å². The summed E-state index contributed by atoms with van der Waals surface area (Å²) in [5, 5.41) is 3.39. The monoisotopic (exact) mass is 307 g/mol. The predicted octanol–water partition coefficient (Wildman–Crippen LogP) is 2.80. The Balaban J connectivity index is 1.67. The Morgan fingerprint density at radius 1 is 1.13 bits per heavy atom. The molecular weight excluding hydrogens is 290 g/mol. The lowest BCUT2D eigenvalue weighted by atomic mass is 10.2. The summed E-state index contributed by atoms with van der Waals surface area (Å²) in [5.74, 6) is 0.414. The van der Waals surface area contributed by atoms with Crippen LogP contribution < -0.4 is 10.9 Å². The number of rotatable bonds is 4. The molecule has 5 heteroatoms. The van der Waals surface area contributed by atoms with Gasteiger partial charge >= 0.3 is 0 Å². The Morgan fingerprint density at radius 2 is 1.87 bits per heavy atom. The number of H-pyrrole nitrogens is 1. The van der Waals surface area contributed by atoms with Crippen LogP contribution in [0.15, 0.2) is 53.3 Å². The van der Waals surface area contributed by atoms with Crippen LogP contribution in [0.1, 0.15) is 17.8 Å². The summed E-state index contributed by atoms with van der Waals surface area (Å²) < 4.78 is 0. The van der Waals surface area contributed by atoms with Gasteiger partial charge in [-0.3, -0.25) is 9.59 Å². The number of nitrogens with one attached hydrogen (secondary N) is 2. The van der Waals surface area contributed by atoms with E-state index >= 15 is 0 Å². The van der Waals surface area contributed by atoms with Gasteiger partial charge in [-0.05, 0) is 31.2 Å². The van der Waals surface area contributed by atoms with Gasteiger partial charge in [-0.2, -0.15) is 0 Å². The highest BCUT2D eigenvalue weighted by Gasteiger charge is 2.07. The topological polar surface area (TPSA) is 74.8 Å². The number of hydrogen-bond acceptors (Lipinski definition) is 3. The van der Waals surface area contributed by atoms with Gasteiger partial charge in [0.1, 0.15) is 5.82 Å². The Labute approximate surface area is 133 Å². The maximum atomic E-state index is 12.0. The van der Waals surface area contributed by atoms with Crippen LogP contribution in [-0.2, 0) is 11.2 Å². The molecule has 2 N–H and O–H groups in total. The van der Waals surface area contributed by atoms with Gasteiger partial charge in [0.2, 0.25) is 5.91 Å². The Morgan fingerprint density at radius 3 is 2.65 bits per heavy atom. The Bertz CT molecular complexity index is 898. The zero-order chi connectivity index (χ0) is 16.2. The number of aromatic nitrogens is 2. The van der Waals surface area contributed by atoms with E-state index in [2.05, 4.69) is 15.3 Å². The molecule has 0 bridgehead atoms. The number of para-hydroxylation sites is 1. The number of hydrogen-bond donors (Lipinski definition) is 2. The van der Waals surface area contributed by atoms with Gasteiger partial charge in [0, 0.05) is 18.5 Å². The Kier molecular flexibility index (Phi) is 4.19. The third kappa shape index (κ3) is 3.63. The maximum absolute atomic E-state index is 12.0. The molecule has 2 aromatic carbocycles. The van der Waals surface area contributed by atoms with E-state index in [1.807, 2.05) is 37.3 Å². The second kappa shape index (κ2) is 6.44. The minimum atomic E-state index is -0.176. The molecule has 5 nitrogen and oxygen atoms in total. The number of anilines is 1. The van der Waals surface area contributed by atoms with Gasteiger partial charge in [-0.25, -0.2) is 4.98 Å². The third-order valence-electron chi connectivity index (χ3n) is 3.59. The highest BCUT2D eigenvalue weighted by Crippen LogP contribution is 2.10. The number of carbonyl (C=O) groups is 1. The van der Waals surface area contributed by atoms with Crippen molar-refractivity contribution in [1.82, 2.24) is 9.97 Å². The van der Waals surface area contributed by atoms with Crippen molar-refractivity contribution in [2.24, 2.45) is 0 Å². The van der Waals surface area contributed by atoms with E-state index in [9.17, 15) is 9.59 Å². The molecule has 116 valence electrons. The van der Waals surface area contributed by atoms with Gasteiger partial charge in [0.05, 0.1) is 10.9 Å². The molecule has 0 aliphatic rings. The van der Waals surface area contributed by atoms with E-state index in [0.717, 1.165) is 11.3 Å². The molecule has 0 atom stereocenters. The maximum Gasteiger partial charge on any atom is 0.258 e. The molecule has 0 saturated carbocycles. The van der Waals surface area contributed by atoms with Crippen molar-refractivity contribution in [2.45, 2.75) is 19.8 Å². The largest absolute Gasteiger partial charge is 0.326 e. The zero-order valence-corrected chi connectivity index (χ0v) is 12.8. The summed E-state index contributed by atoms with van der Waals surface area (Å²) in [5.41, 5.74) is 2.37. The number of carbonyl (C=O) groups excluding carboxylic acids is 1. The number of benzene rings is 2. The summed E-state index contributed by atoms with van der Waals surface area (Å²) in [6.07, 6.45) is 0.646. The lowest BCUT2D eigenvalue weighted by Crippen LogP contribution is -2.16. The molecule has 3 aromatic rings. The predicted molar refractivity (Wildman–Crippen MR) is 90.5 cm³/mol. The lowest BCUT2D eigenvalue weighted by molar-refractivity contribution is -0.116. The zero-order valence-electron chi connectivity index (χ0n) is 12.8. The average molecular weight is 307 g/mol. The molecule has 0 fully saturated rings. The van der Waals surface area contributed by atoms with E-state index < -0.39 is 0 Å². The number of aryl methyl sites for hydroxylation is 2. The first-order valence-corrected chi connectivity index (χ1v) is 7.46. The molecule has 23 heavy (non-hydrogen) atoms. The van der Waals surface area contributed by atoms with E-state index in [1.54, 1.807) is 18.2 Å². The fourth-order valence-electron chi connectivity index (χ4n) is 2.35. The molecule has 0 aliphatic heterocycles. The van der Waals surface area contributed by atoms with Crippen molar-refractivity contribution >= 4 is 22.5 Å². The first-order valence-electron chi connectivity index (χ1n) is 7.46. The quantitative estimate of drug-likeness (QED) is 0.778. The SMILES string of the molecule is Cc1ccc(NC(=O)CCc2nc3ccccc3c(=O)[nH]2)cc1. The molecule has 3 rings (SSSR count). The number of aromatic amines is 1. The Hall–Kier alpha value is -2.95. The van der Waals surface area contributed by atoms with Gasteiger partial charge < -0.3 is 10.3 Å². The van der Waals surface area contributed by atoms with Crippen LogP contribution in [0.2, 0.25) is 0 Å². The summed E-state index contributed by atoms with van der Waals surface area (Å²) in [6.45, 7) is 1.99. The van der Waals surface area contributed by atoms with Crippen LogP contribution in [0.4, 0.5) is 5.69 Å². The average Bonchev–Trinajstić information content (AvgIpc) is 2.55. The normalized spacial score (nSPS) is 10.7. The molecule has 0 aliphatic carbocycles. The highest BCUT2D eigenvalue weighted by atomic mass is 16.1. The summed E-state index contributed by atoms with van der Waals surface area (Å²) in [7, 11) is 0. The molecule has 0 saturated heterocycles. The van der Waals surface area contributed by atoms with Crippen molar-refractivity contribution in [3.05, 3.63) is 70.3 Å². The van der Waals surface area contributed by atoms with E-state index in [-0.39, 0.29) is 17.9 Å². The van der Waals surface area contributed by atoms with Crippen molar-refractivity contribution in [2.75, 3.05) is 5.32 Å². The summed E-state index contributed by atoms with van der Waals surface area (Å²) in [4.78, 5) is 31.1. The lowest BCUT2D eigenvalue weighted by Gasteiger charge is -2.06. The molecule has 1 aromatic heterocycles. The van der Waals surface area contributed by atoms with Gasteiger partial charge in [0.25, 0.3) is 5.56 Å². The van der Waals surface area contributed by atoms with Crippen molar-refractivity contribution in [1.29, 1.82) is 0 Å².